The monoisotopic (exact) mass is 462 g/mol. The molecule has 0 amide bonds. The van der Waals surface area contributed by atoms with Gasteiger partial charge in [0.25, 0.3) is 0 Å². The van der Waals surface area contributed by atoms with Gasteiger partial charge in [-0.3, -0.25) is 0 Å². The molecule has 0 atom stereocenters. The first-order valence-corrected chi connectivity index (χ1v) is 12.4. The maximum absolute atomic E-state index is 6.75. The van der Waals surface area contributed by atoms with Crippen molar-refractivity contribution in [1.82, 2.24) is 0 Å². The molecule has 0 aliphatic carbocycles. The van der Waals surface area contributed by atoms with E-state index >= 15 is 0 Å². The Morgan fingerprint density at radius 1 is 0.457 bits per heavy atom. The van der Waals surface area contributed by atoms with Gasteiger partial charge in [0, 0.05) is 5.69 Å². The van der Waals surface area contributed by atoms with Crippen LogP contribution in [0, 0.1) is 62.3 Å². The minimum absolute atomic E-state index is 0.755. The summed E-state index contributed by atoms with van der Waals surface area (Å²) >= 11 is 0. The highest BCUT2D eigenvalue weighted by molar-refractivity contribution is 5.95. The summed E-state index contributed by atoms with van der Waals surface area (Å²) in [5.74, 6) is 0. The normalized spacial score (nSPS) is 11.1. The molecular weight excluding hydrogens is 424 g/mol. The van der Waals surface area contributed by atoms with Gasteiger partial charge < -0.3 is 11.1 Å². The smallest absolute Gasteiger partial charge is 0.0624 e. The van der Waals surface area contributed by atoms with Gasteiger partial charge in [-0.1, -0.05) is 53.1 Å². The minimum Gasteiger partial charge on any atom is -0.397 e. The number of rotatable bonds is 4. The lowest BCUT2D eigenvalue weighted by Crippen LogP contribution is -2.03. The summed E-state index contributed by atoms with van der Waals surface area (Å²) in [7, 11) is 0. The van der Waals surface area contributed by atoms with Crippen LogP contribution in [0.4, 0.5) is 17.1 Å². The Balaban J connectivity index is 2.02. The van der Waals surface area contributed by atoms with Crippen molar-refractivity contribution < 1.29 is 0 Å². The highest BCUT2D eigenvalue weighted by Crippen LogP contribution is 2.44. The number of nitrogens with two attached hydrogens (primary N) is 1. The summed E-state index contributed by atoms with van der Waals surface area (Å²) in [6, 6.07) is 17.9. The van der Waals surface area contributed by atoms with Crippen molar-refractivity contribution in [2.75, 3.05) is 11.1 Å². The predicted molar refractivity (Wildman–Crippen MR) is 154 cm³/mol. The van der Waals surface area contributed by atoms with Crippen LogP contribution in [0.25, 0.3) is 22.3 Å². The molecule has 0 bridgehead atoms. The molecule has 0 aromatic heterocycles. The summed E-state index contributed by atoms with van der Waals surface area (Å²) in [6.07, 6.45) is 0. The molecule has 35 heavy (non-hydrogen) atoms. The van der Waals surface area contributed by atoms with Gasteiger partial charge in [0.05, 0.1) is 11.4 Å². The quantitative estimate of drug-likeness (QED) is 0.297. The Labute approximate surface area is 211 Å². The van der Waals surface area contributed by atoms with E-state index in [-0.39, 0.29) is 0 Å². The number of anilines is 3. The lowest BCUT2D eigenvalue weighted by Gasteiger charge is -2.23. The molecule has 0 aliphatic heterocycles. The topological polar surface area (TPSA) is 38.0 Å². The zero-order valence-corrected chi connectivity index (χ0v) is 22.7. The molecule has 0 saturated carbocycles. The van der Waals surface area contributed by atoms with Crippen molar-refractivity contribution in [3.05, 3.63) is 98.6 Å². The highest BCUT2D eigenvalue weighted by Gasteiger charge is 2.19. The lowest BCUT2D eigenvalue weighted by atomic mass is 9.84. The van der Waals surface area contributed by atoms with E-state index in [0.29, 0.717) is 0 Å². The van der Waals surface area contributed by atoms with Gasteiger partial charge in [0.15, 0.2) is 0 Å². The van der Waals surface area contributed by atoms with Gasteiger partial charge in [-0.15, -0.1) is 0 Å². The molecule has 180 valence electrons. The molecule has 2 nitrogen and oxygen atoms in total. The van der Waals surface area contributed by atoms with E-state index < -0.39 is 0 Å². The molecule has 0 spiro atoms. The van der Waals surface area contributed by atoms with E-state index in [1.807, 2.05) is 0 Å². The number of benzene rings is 4. The molecule has 0 aliphatic rings. The van der Waals surface area contributed by atoms with Gasteiger partial charge in [-0.2, -0.15) is 0 Å². The molecule has 0 saturated heterocycles. The van der Waals surface area contributed by atoms with Crippen molar-refractivity contribution in [1.29, 1.82) is 0 Å². The van der Waals surface area contributed by atoms with Crippen LogP contribution in [0.2, 0.25) is 0 Å². The molecule has 0 heterocycles. The van der Waals surface area contributed by atoms with Crippen molar-refractivity contribution in [3.63, 3.8) is 0 Å². The van der Waals surface area contributed by atoms with Gasteiger partial charge in [-0.25, -0.2) is 0 Å². The molecule has 4 aromatic rings. The van der Waals surface area contributed by atoms with E-state index in [2.05, 4.69) is 116 Å². The van der Waals surface area contributed by atoms with Crippen LogP contribution < -0.4 is 11.1 Å². The van der Waals surface area contributed by atoms with Crippen LogP contribution in [0.1, 0.15) is 50.1 Å². The van der Waals surface area contributed by atoms with Crippen molar-refractivity contribution in [2.24, 2.45) is 0 Å². The number of hydrogen-bond donors (Lipinski definition) is 2. The maximum Gasteiger partial charge on any atom is 0.0624 e. The van der Waals surface area contributed by atoms with Crippen molar-refractivity contribution in [2.45, 2.75) is 62.3 Å². The van der Waals surface area contributed by atoms with E-state index in [0.717, 1.165) is 17.1 Å². The third kappa shape index (κ3) is 4.71. The summed E-state index contributed by atoms with van der Waals surface area (Å²) < 4.78 is 0. The van der Waals surface area contributed by atoms with E-state index in [1.165, 1.54) is 72.3 Å². The lowest BCUT2D eigenvalue weighted by molar-refractivity contribution is 1.30. The van der Waals surface area contributed by atoms with E-state index in [4.69, 9.17) is 5.73 Å². The Hall–Kier alpha value is -3.52. The first-order valence-electron chi connectivity index (χ1n) is 12.4. The zero-order chi connectivity index (χ0) is 25.6. The highest BCUT2D eigenvalue weighted by atomic mass is 14.9. The maximum atomic E-state index is 6.75. The van der Waals surface area contributed by atoms with Gasteiger partial charge in [-0.05, 0) is 130 Å². The van der Waals surface area contributed by atoms with Crippen LogP contribution in [0.3, 0.4) is 0 Å². The fraction of sp³-hybridized carbons (Fsp3) is 0.273. The first kappa shape index (κ1) is 24.6. The second kappa shape index (κ2) is 9.26. The Bertz CT molecular complexity index is 1390. The predicted octanol–water partition coefficient (Wildman–Crippen LogP) is 9.12. The summed E-state index contributed by atoms with van der Waals surface area (Å²) in [5, 5.41) is 3.69. The van der Waals surface area contributed by atoms with Crippen LogP contribution >= 0.6 is 0 Å². The zero-order valence-electron chi connectivity index (χ0n) is 22.7. The Kier molecular flexibility index (Phi) is 6.51. The Morgan fingerprint density at radius 2 is 0.800 bits per heavy atom. The van der Waals surface area contributed by atoms with Gasteiger partial charge >= 0.3 is 0 Å². The number of nitrogens with one attached hydrogen (secondary N) is 1. The first-order chi connectivity index (χ1) is 16.5. The second-order valence-corrected chi connectivity index (χ2v) is 10.4. The largest absolute Gasteiger partial charge is 0.397 e. The number of aryl methyl sites for hydroxylation is 9. The molecule has 3 N–H and O–H groups in total. The van der Waals surface area contributed by atoms with Crippen LogP contribution in [-0.4, -0.2) is 0 Å². The number of hydrogen-bond acceptors (Lipinski definition) is 2. The minimum atomic E-state index is 0.755. The van der Waals surface area contributed by atoms with Crippen LogP contribution in [0.5, 0.6) is 0 Å². The summed E-state index contributed by atoms with van der Waals surface area (Å²) in [6.45, 7) is 19.6. The van der Waals surface area contributed by atoms with Gasteiger partial charge in [0.1, 0.15) is 0 Å². The van der Waals surface area contributed by atoms with E-state index in [1.54, 1.807) is 0 Å². The standard InChI is InChI=1S/C33H38N2/c1-18-10-21(4)31(22(5)11-18)27-16-29(34)30(35-33-25(8)14-20(3)15-26(33)9)17-28(27)32-23(6)12-19(2)13-24(32)7/h10-17,35H,34H2,1-9H3. The molecule has 0 radical (unpaired) electrons. The van der Waals surface area contributed by atoms with Crippen molar-refractivity contribution >= 4 is 17.1 Å². The van der Waals surface area contributed by atoms with Crippen LogP contribution in [0.15, 0.2) is 48.5 Å². The average molecular weight is 463 g/mol. The molecule has 4 aromatic carbocycles. The molecular formula is C33H38N2. The summed E-state index contributed by atoms with van der Waals surface area (Å²) in [4.78, 5) is 0. The third-order valence-electron chi connectivity index (χ3n) is 7.02. The van der Waals surface area contributed by atoms with E-state index in [9.17, 15) is 0 Å². The SMILES string of the molecule is Cc1cc(C)c(Nc2cc(-c3c(C)cc(C)cc3C)c(-c3c(C)cc(C)cc3C)cc2N)c(C)c1. The molecule has 2 heteroatoms. The fourth-order valence-electron chi connectivity index (χ4n) is 5.86. The second-order valence-electron chi connectivity index (χ2n) is 10.4. The van der Waals surface area contributed by atoms with Crippen LogP contribution in [-0.2, 0) is 0 Å². The summed E-state index contributed by atoms with van der Waals surface area (Å²) in [5.41, 5.74) is 25.9. The Morgan fingerprint density at radius 3 is 1.20 bits per heavy atom. The van der Waals surface area contributed by atoms with Crippen molar-refractivity contribution in [3.8, 4) is 22.3 Å². The van der Waals surface area contributed by atoms with Gasteiger partial charge in [0.2, 0.25) is 0 Å². The average Bonchev–Trinajstić information content (AvgIpc) is 2.71. The fourth-order valence-corrected chi connectivity index (χ4v) is 5.86. The third-order valence-corrected chi connectivity index (χ3v) is 7.02. The molecule has 4 rings (SSSR count). The molecule has 0 unspecified atom stereocenters. The number of nitrogen functional groups attached to an aromatic ring is 1. The molecule has 0 fully saturated rings.